The number of nitrogens with zero attached hydrogens (tertiary/aromatic N) is 1. The SMILES string of the molecule is CCC(CC)CNc1ccc(C(N)=S)cn1. The Hall–Kier alpha value is -1.16. The Morgan fingerprint density at radius 2 is 2.12 bits per heavy atom. The van der Waals surface area contributed by atoms with Crippen LogP contribution in [0, 0.1) is 5.92 Å². The first-order valence-corrected chi connectivity index (χ1v) is 6.07. The number of hydrogen-bond acceptors (Lipinski definition) is 3. The summed E-state index contributed by atoms with van der Waals surface area (Å²) in [5.41, 5.74) is 6.31. The van der Waals surface area contributed by atoms with E-state index in [-0.39, 0.29) is 0 Å². The maximum absolute atomic E-state index is 5.50. The van der Waals surface area contributed by atoms with Crippen LogP contribution >= 0.6 is 12.2 Å². The van der Waals surface area contributed by atoms with Crippen molar-refractivity contribution in [2.24, 2.45) is 11.7 Å². The molecule has 1 aromatic heterocycles. The predicted octanol–water partition coefficient (Wildman–Crippen LogP) is 2.56. The van der Waals surface area contributed by atoms with Crippen LogP contribution in [0.15, 0.2) is 18.3 Å². The number of thiocarbonyl (C=S) groups is 1. The van der Waals surface area contributed by atoms with Crippen molar-refractivity contribution in [1.82, 2.24) is 4.98 Å². The third-order valence-electron chi connectivity index (χ3n) is 2.77. The molecule has 0 fully saturated rings. The normalized spacial score (nSPS) is 10.4. The number of hydrogen-bond donors (Lipinski definition) is 2. The quantitative estimate of drug-likeness (QED) is 0.747. The first-order chi connectivity index (χ1) is 7.67. The molecule has 1 aromatic rings. The van der Waals surface area contributed by atoms with Crippen molar-refractivity contribution in [3.05, 3.63) is 23.9 Å². The van der Waals surface area contributed by atoms with Gasteiger partial charge in [0.2, 0.25) is 0 Å². The van der Waals surface area contributed by atoms with Crippen LogP contribution < -0.4 is 11.1 Å². The zero-order chi connectivity index (χ0) is 12.0. The van der Waals surface area contributed by atoms with Gasteiger partial charge >= 0.3 is 0 Å². The van der Waals surface area contributed by atoms with Crippen LogP contribution in [0.2, 0.25) is 0 Å². The van der Waals surface area contributed by atoms with E-state index < -0.39 is 0 Å². The van der Waals surface area contributed by atoms with Crippen molar-refractivity contribution in [1.29, 1.82) is 0 Å². The van der Waals surface area contributed by atoms with Crippen molar-refractivity contribution in [2.75, 3.05) is 11.9 Å². The van der Waals surface area contributed by atoms with Gasteiger partial charge in [-0.05, 0) is 18.1 Å². The lowest BCUT2D eigenvalue weighted by atomic mass is 10.0. The molecule has 0 aromatic carbocycles. The molecule has 0 saturated carbocycles. The summed E-state index contributed by atoms with van der Waals surface area (Å²) in [6, 6.07) is 3.81. The van der Waals surface area contributed by atoms with Gasteiger partial charge < -0.3 is 11.1 Å². The minimum atomic E-state index is 0.388. The smallest absolute Gasteiger partial charge is 0.125 e. The Balaban J connectivity index is 2.52. The van der Waals surface area contributed by atoms with Gasteiger partial charge in [0.15, 0.2) is 0 Å². The van der Waals surface area contributed by atoms with Gasteiger partial charge in [0, 0.05) is 18.3 Å². The molecule has 88 valence electrons. The molecular formula is C12H19N3S. The summed E-state index contributed by atoms with van der Waals surface area (Å²) in [7, 11) is 0. The molecule has 0 unspecified atom stereocenters. The number of rotatable bonds is 6. The number of aromatic nitrogens is 1. The molecule has 0 aliphatic heterocycles. The summed E-state index contributed by atoms with van der Waals surface area (Å²) in [5, 5.41) is 3.32. The Bertz CT molecular complexity index is 331. The van der Waals surface area contributed by atoms with Crippen LogP contribution in [-0.4, -0.2) is 16.5 Å². The maximum atomic E-state index is 5.50. The van der Waals surface area contributed by atoms with Gasteiger partial charge in [-0.15, -0.1) is 0 Å². The number of pyridine rings is 1. The first-order valence-electron chi connectivity index (χ1n) is 5.67. The van der Waals surface area contributed by atoms with Crippen LogP contribution in [0.1, 0.15) is 32.3 Å². The van der Waals surface area contributed by atoms with E-state index in [2.05, 4.69) is 24.1 Å². The van der Waals surface area contributed by atoms with Gasteiger partial charge in [-0.2, -0.15) is 0 Å². The number of anilines is 1. The Labute approximate surface area is 102 Å². The first kappa shape index (κ1) is 12.9. The molecule has 0 saturated heterocycles. The standard InChI is InChI=1S/C12H19N3S/c1-3-9(4-2)7-14-11-6-5-10(8-15-11)12(13)16/h5-6,8-9H,3-4,7H2,1-2H3,(H2,13,16)(H,14,15). The van der Waals surface area contributed by atoms with E-state index >= 15 is 0 Å². The molecule has 4 heteroatoms. The zero-order valence-electron chi connectivity index (χ0n) is 9.86. The van der Waals surface area contributed by atoms with Gasteiger partial charge in [0.25, 0.3) is 0 Å². The zero-order valence-corrected chi connectivity index (χ0v) is 10.7. The lowest BCUT2D eigenvalue weighted by Gasteiger charge is -2.13. The van der Waals surface area contributed by atoms with Gasteiger partial charge in [-0.1, -0.05) is 38.9 Å². The van der Waals surface area contributed by atoms with Gasteiger partial charge in [-0.25, -0.2) is 4.98 Å². The molecule has 1 rings (SSSR count). The minimum absolute atomic E-state index is 0.388. The van der Waals surface area contributed by atoms with E-state index in [1.165, 1.54) is 12.8 Å². The highest BCUT2D eigenvalue weighted by atomic mass is 32.1. The van der Waals surface area contributed by atoms with Crippen molar-refractivity contribution in [3.63, 3.8) is 0 Å². The fourth-order valence-electron chi connectivity index (χ4n) is 1.47. The lowest BCUT2D eigenvalue weighted by Crippen LogP contribution is -2.14. The topological polar surface area (TPSA) is 50.9 Å². The van der Waals surface area contributed by atoms with Crippen molar-refractivity contribution >= 4 is 23.0 Å². The highest BCUT2D eigenvalue weighted by Crippen LogP contribution is 2.10. The molecule has 3 N–H and O–H groups in total. The number of nitrogens with one attached hydrogen (secondary N) is 1. The Morgan fingerprint density at radius 1 is 1.44 bits per heavy atom. The van der Waals surface area contributed by atoms with E-state index in [0.717, 1.165) is 17.9 Å². The van der Waals surface area contributed by atoms with Crippen molar-refractivity contribution in [2.45, 2.75) is 26.7 Å². The summed E-state index contributed by atoms with van der Waals surface area (Å²) < 4.78 is 0. The molecule has 0 aliphatic rings. The molecule has 0 aliphatic carbocycles. The highest BCUT2D eigenvalue weighted by Gasteiger charge is 2.03. The average Bonchev–Trinajstić information content (AvgIpc) is 2.31. The van der Waals surface area contributed by atoms with E-state index in [4.69, 9.17) is 18.0 Å². The molecule has 0 bridgehead atoms. The predicted molar refractivity (Wildman–Crippen MR) is 72.7 cm³/mol. The minimum Gasteiger partial charge on any atom is -0.389 e. The summed E-state index contributed by atoms with van der Waals surface area (Å²) >= 11 is 4.87. The third kappa shape index (κ3) is 3.77. The molecule has 0 amide bonds. The Kier molecular flexibility index (Phi) is 5.19. The van der Waals surface area contributed by atoms with Crippen molar-refractivity contribution in [3.8, 4) is 0 Å². The molecular weight excluding hydrogens is 218 g/mol. The van der Waals surface area contributed by atoms with Crippen LogP contribution in [0.25, 0.3) is 0 Å². The van der Waals surface area contributed by atoms with E-state index in [9.17, 15) is 0 Å². The molecule has 0 radical (unpaired) electrons. The van der Waals surface area contributed by atoms with Crippen LogP contribution in [-0.2, 0) is 0 Å². The Morgan fingerprint density at radius 3 is 2.56 bits per heavy atom. The molecule has 3 nitrogen and oxygen atoms in total. The largest absolute Gasteiger partial charge is 0.389 e. The lowest BCUT2D eigenvalue weighted by molar-refractivity contribution is 0.518. The summed E-state index contributed by atoms with van der Waals surface area (Å²) in [5.74, 6) is 1.59. The molecule has 1 heterocycles. The van der Waals surface area contributed by atoms with Crippen molar-refractivity contribution < 1.29 is 0 Å². The van der Waals surface area contributed by atoms with Gasteiger partial charge in [-0.3, -0.25) is 0 Å². The van der Waals surface area contributed by atoms with Crippen LogP contribution in [0.4, 0.5) is 5.82 Å². The van der Waals surface area contributed by atoms with Gasteiger partial charge in [0.1, 0.15) is 10.8 Å². The third-order valence-corrected chi connectivity index (χ3v) is 3.01. The summed E-state index contributed by atoms with van der Waals surface area (Å²) in [6.07, 6.45) is 4.08. The number of nitrogens with two attached hydrogens (primary N) is 1. The maximum Gasteiger partial charge on any atom is 0.125 e. The monoisotopic (exact) mass is 237 g/mol. The molecule has 0 atom stereocenters. The molecule has 0 spiro atoms. The fraction of sp³-hybridized carbons (Fsp3) is 0.500. The van der Waals surface area contributed by atoms with E-state index in [1.807, 2.05) is 12.1 Å². The second-order valence-corrected chi connectivity index (χ2v) is 4.30. The second-order valence-electron chi connectivity index (χ2n) is 3.86. The fourth-order valence-corrected chi connectivity index (χ4v) is 1.59. The summed E-state index contributed by atoms with van der Waals surface area (Å²) in [6.45, 7) is 5.38. The molecule has 16 heavy (non-hydrogen) atoms. The van der Waals surface area contributed by atoms with E-state index in [1.54, 1.807) is 6.20 Å². The van der Waals surface area contributed by atoms with E-state index in [0.29, 0.717) is 10.9 Å². The van der Waals surface area contributed by atoms with Crippen LogP contribution in [0.3, 0.4) is 0 Å². The second kappa shape index (κ2) is 6.43. The highest BCUT2D eigenvalue weighted by molar-refractivity contribution is 7.80. The van der Waals surface area contributed by atoms with Gasteiger partial charge in [0.05, 0.1) is 0 Å². The van der Waals surface area contributed by atoms with Crippen LogP contribution in [0.5, 0.6) is 0 Å². The average molecular weight is 237 g/mol. The summed E-state index contributed by atoms with van der Waals surface area (Å²) in [4.78, 5) is 4.65.